The Labute approximate surface area is 145 Å². The van der Waals surface area contributed by atoms with Gasteiger partial charge in [0, 0.05) is 29.4 Å². The van der Waals surface area contributed by atoms with Gasteiger partial charge in [-0.15, -0.1) is 0 Å². The fourth-order valence-electron chi connectivity index (χ4n) is 3.49. The summed E-state index contributed by atoms with van der Waals surface area (Å²) in [6.45, 7) is 0.227. The first-order valence-electron chi connectivity index (χ1n) is 7.52. The predicted molar refractivity (Wildman–Crippen MR) is 92.1 cm³/mol. The van der Waals surface area contributed by atoms with E-state index >= 15 is 0 Å². The summed E-state index contributed by atoms with van der Waals surface area (Å²) >= 11 is 5.83. The average molecular weight is 369 g/mol. The molecule has 1 fully saturated rings. The molecule has 0 bridgehead atoms. The number of halogens is 2. The lowest BCUT2D eigenvalue weighted by atomic mass is 9.99. The molecule has 0 unspecified atom stereocenters. The third-order valence-electron chi connectivity index (χ3n) is 4.82. The summed E-state index contributed by atoms with van der Waals surface area (Å²) in [5.74, 6) is -0.839. The molecule has 0 aromatic heterocycles. The Hall–Kier alpha value is -1.47. The van der Waals surface area contributed by atoms with Crippen LogP contribution in [0, 0.1) is 11.2 Å². The highest BCUT2D eigenvalue weighted by Crippen LogP contribution is 2.63. The summed E-state index contributed by atoms with van der Waals surface area (Å²) < 4.78 is 39.7. The molecule has 0 radical (unpaired) electrons. The number of nitrogens with two attached hydrogens (primary N) is 2. The fraction of sp³-hybridized carbons (Fsp3) is 0.294. The van der Waals surface area contributed by atoms with Crippen molar-refractivity contribution in [1.29, 1.82) is 0 Å². The average Bonchev–Trinajstić information content (AvgIpc) is 3.26. The van der Waals surface area contributed by atoms with Gasteiger partial charge in [0.25, 0.3) is 0 Å². The van der Waals surface area contributed by atoms with Gasteiger partial charge in [0.15, 0.2) is 9.84 Å². The third-order valence-corrected chi connectivity index (χ3v) is 7.42. The molecule has 4 nitrogen and oxygen atoms in total. The van der Waals surface area contributed by atoms with Crippen LogP contribution in [0.2, 0.25) is 5.02 Å². The Morgan fingerprint density at radius 3 is 2.25 bits per heavy atom. The maximum Gasteiger partial charge on any atom is 0.182 e. The number of sulfone groups is 1. The Morgan fingerprint density at radius 1 is 1.08 bits per heavy atom. The van der Waals surface area contributed by atoms with E-state index in [1.807, 2.05) is 0 Å². The quantitative estimate of drug-likeness (QED) is 0.848. The Morgan fingerprint density at radius 2 is 1.71 bits per heavy atom. The molecule has 2 aromatic carbocycles. The van der Waals surface area contributed by atoms with E-state index in [-0.39, 0.29) is 18.0 Å². The lowest BCUT2D eigenvalue weighted by molar-refractivity contribution is 0.509. The molecule has 0 saturated heterocycles. The van der Waals surface area contributed by atoms with Gasteiger partial charge in [0.1, 0.15) is 5.82 Å². The lowest BCUT2D eigenvalue weighted by Gasteiger charge is -2.13. The highest BCUT2D eigenvalue weighted by molar-refractivity contribution is 7.92. The van der Waals surface area contributed by atoms with Crippen LogP contribution in [0.15, 0.2) is 53.4 Å². The van der Waals surface area contributed by atoms with E-state index in [4.69, 9.17) is 23.1 Å². The molecule has 0 heterocycles. The molecule has 1 saturated carbocycles. The molecule has 1 aliphatic carbocycles. The van der Waals surface area contributed by atoms with E-state index in [9.17, 15) is 12.8 Å². The maximum absolute atomic E-state index is 13.6. The number of hydrogen-bond acceptors (Lipinski definition) is 4. The zero-order valence-electron chi connectivity index (χ0n) is 12.8. The predicted octanol–water partition coefficient (Wildman–Crippen LogP) is 2.32. The molecule has 0 spiro atoms. The van der Waals surface area contributed by atoms with Gasteiger partial charge < -0.3 is 11.5 Å². The minimum Gasteiger partial charge on any atom is -0.330 e. The van der Waals surface area contributed by atoms with Crippen molar-refractivity contribution in [2.24, 2.45) is 16.9 Å². The second kappa shape index (κ2) is 6.11. The molecule has 3 rings (SSSR count). The van der Waals surface area contributed by atoms with Crippen molar-refractivity contribution in [2.45, 2.75) is 16.1 Å². The van der Waals surface area contributed by atoms with Crippen molar-refractivity contribution >= 4 is 21.4 Å². The van der Waals surface area contributed by atoms with Crippen molar-refractivity contribution in [3.8, 4) is 0 Å². The number of benzene rings is 2. The molecule has 7 heteroatoms. The summed E-state index contributed by atoms with van der Waals surface area (Å²) in [4.78, 5) is 0.169. The second-order valence-electron chi connectivity index (χ2n) is 6.09. The van der Waals surface area contributed by atoms with E-state index in [2.05, 4.69) is 0 Å². The minimum absolute atomic E-state index is 0.113. The third kappa shape index (κ3) is 2.63. The van der Waals surface area contributed by atoms with Gasteiger partial charge in [-0.05, 0) is 42.0 Å². The second-order valence-corrected chi connectivity index (χ2v) is 8.60. The summed E-state index contributed by atoms with van der Waals surface area (Å²) in [5.41, 5.74) is 11.6. The minimum atomic E-state index is -3.67. The van der Waals surface area contributed by atoms with E-state index in [0.717, 1.165) is 0 Å². The maximum atomic E-state index is 13.6. The first-order chi connectivity index (χ1) is 11.4. The molecular weight excluding hydrogens is 351 g/mol. The zero-order chi connectivity index (χ0) is 17.5. The van der Waals surface area contributed by atoms with E-state index in [1.54, 1.807) is 12.1 Å². The van der Waals surface area contributed by atoms with Crippen LogP contribution in [-0.4, -0.2) is 26.8 Å². The van der Waals surface area contributed by atoms with Gasteiger partial charge in [-0.1, -0.05) is 23.7 Å². The fourth-order valence-corrected chi connectivity index (χ4v) is 6.09. The molecule has 0 aliphatic heterocycles. The first kappa shape index (κ1) is 17.4. The molecule has 2 atom stereocenters. The highest BCUT2D eigenvalue weighted by atomic mass is 35.5. The van der Waals surface area contributed by atoms with Crippen molar-refractivity contribution in [3.05, 3.63) is 64.9 Å². The SMILES string of the molecule is NCC1(CN)[C@H](c2cccc(F)c2)[C@H]1S(=O)(=O)c1ccc(Cl)cc1. The van der Waals surface area contributed by atoms with Crippen LogP contribution >= 0.6 is 11.6 Å². The molecule has 2 aromatic rings. The molecule has 0 amide bonds. The Kier molecular flexibility index (Phi) is 4.42. The summed E-state index contributed by atoms with van der Waals surface area (Å²) in [6.07, 6.45) is 0. The van der Waals surface area contributed by atoms with Crippen molar-refractivity contribution < 1.29 is 12.8 Å². The van der Waals surface area contributed by atoms with Crippen LogP contribution in [0.5, 0.6) is 0 Å². The van der Waals surface area contributed by atoms with Crippen LogP contribution in [0.4, 0.5) is 4.39 Å². The van der Waals surface area contributed by atoms with E-state index in [1.165, 1.54) is 36.4 Å². The van der Waals surface area contributed by atoms with Gasteiger partial charge in [-0.2, -0.15) is 0 Å². The van der Waals surface area contributed by atoms with Crippen LogP contribution < -0.4 is 11.5 Å². The van der Waals surface area contributed by atoms with Crippen molar-refractivity contribution in [3.63, 3.8) is 0 Å². The smallest absolute Gasteiger partial charge is 0.182 e. The summed E-state index contributed by atoms with van der Waals surface area (Å²) in [6, 6.07) is 11.9. The first-order valence-corrected chi connectivity index (χ1v) is 9.44. The van der Waals surface area contributed by atoms with Crippen LogP contribution in [0.25, 0.3) is 0 Å². The van der Waals surface area contributed by atoms with E-state index in [0.29, 0.717) is 10.6 Å². The van der Waals surface area contributed by atoms with Gasteiger partial charge in [0.05, 0.1) is 10.1 Å². The molecule has 4 N–H and O–H groups in total. The van der Waals surface area contributed by atoms with Crippen LogP contribution in [0.1, 0.15) is 11.5 Å². The molecular formula is C17H18ClFN2O2S. The van der Waals surface area contributed by atoms with Crippen LogP contribution in [0.3, 0.4) is 0 Å². The van der Waals surface area contributed by atoms with Crippen molar-refractivity contribution in [1.82, 2.24) is 0 Å². The highest BCUT2D eigenvalue weighted by Gasteiger charge is 2.69. The lowest BCUT2D eigenvalue weighted by Crippen LogP contribution is -2.31. The molecule has 128 valence electrons. The summed E-state index contributed by atoms with van der Waals surface area (Å²) in [5, 5.41) is -0.321. The zero-order valence-corrected chi connectivity index (χ0v) is 14.4. The number of hydrogen-bond donors (Lipinski definition) is 2. The van der Waals surface area contributed by atoms with Gasteiger partial charge in [0.2, 0.25) is 0 Å². The number of rotatable bonds is 5. The molecule has 1 aliphatic rings. The molecule has 24 heavy (non-hydrogen) atoms. The Bertz CT molecular complexity index is 851. The van der Waals surface area contributed by atoms with Gasteiger partial charge in [-0.3, -0.25) is 0 Å². The van der Waals surface area contributed by atoms with Gasteiger partial charge >= 0.3 is 0 Å². The largest absolute Gasteiger partial charge is 0.330 e. The topological polar surface area (TPSA) is 86.2 Å². The van der Waals surface area contributed by atoms with Gasteiger partial charge in [-0.25, -0.2) is 12.8 Å². The van der Waals surface area contributed by atoms with Crippen LogP contribution in [-0.2, 0) is 9.84 Å². The summed E-state index contributed by atoms with van der Waals surface area (Å²) in [7, 11) is -3.67. The van der Waals surface area contributed by atoms with E-state index < -0.39 is 32.2 Å². The Balaban J connectivity index is 2.06. The monoisotopic (exact) mass is 368 g/mol. The van der Waals surface area contributed by atoms with Crippen molar-refractivity contribution in [2.75, 3.05) is 13.1 Å². The normalized spacial score (nSPS) is 22.3. The standard InChI is InChI=1S/C17H18ClFN2O2S/c18-12-4-6-14(7-5-12)24(22,23)16-15(17(16,9-20)10-21)11-2-1-3-13(19)8-11/h1-8,15-16H,9-10,20-21H2/t15-,16-/m1/s1.